The maximum atomic E-state index is 12.2. The van der Waals surface area contributed by atoms with Crippen molar-refractivity contribution < 1.29 is 9.53 Å². The van der Waals surface area contributed by atoms with Crippen LogP contribution in [0.25, 0.3) is 0 Å². The lowest BCUT2D eigenvalue weighted by Crippen LogP contribution is -2.45. The van der Waals surface area contributed by atoms with Gasteiger partial charge in [-0.1, -0.05) is 46.3 Å². The zero-order valence-electron chi connectivity index (χ0n) is 12.6. The molecule has 1 aromatic carbocycles. The van der Waals surface area contributed by atoms with E-state index in [0.29, 0.717) is 11.8 Å². The quantitative estimate of drug-likeness (QED) is 0.790. The van der Waals surface area contributed by atoms with Gasteiger partial charge in [0.05, 0.1) is 11.6 Å². The lowest BCUT2D eigenvalue weighted by atomic mass is 9.94. The first-order valence-corrected chi connectivity index (χ1v) is 8.80. The summed E-state index contributed by atoms with van der Waals surface area (Å²) in [6, 6.07) is 10.1. The Hall–Kier alpha value is -0.870. The van der Waals surface area contributed by atoms with E-state index in [1.807, 2.05) is 37.3 Å². The molecule has 2 unspecified atom stereocenters. The van der Waals surface area contributed by atoms with Crippen LogP contribution in [0.15, 0.2) is 30.3 Å². The Labute approximate surface area is 135 Å². The molecular formula is C17H24BrNO2. The Morgan fingerprint density at radius 3 is 2.76 bits per heavy atom. The van der Waals surface area contributed by atoms with E-state index in [1.54, 1.807) is 0 Å². The van der Waals surface area contributed by atoms with E-state index < -0.39 is 0 Å². The van der Waals surface area contributed by atoms with Gasteiger partial charge in [-0.15, -0.1) is 0 Å². The number of ether oxygens (including phenoxy) is 1. The fourth-order valence-corrected chi connectivity index (χ4v) is 3.15. The van der Waals surface area contributed by atoms with Crippen molar-refractivity contribution in [3.63, 3.8) is 0 Å². The molecule has 1 fully saturated rings. The summed E-state index contributed by atoms with van der Waals surface area (Å²) in [5, 5.41) is 3.85. The summed E-state index contributed by atoms with van der Waals surface area (Å²) in [6.07, 6.45) is 5.06. The predicted molar refractivity (Wildman–Crippen MR) is 88.6 cm³/mol. The smallest absolute Gasteiger partial charge is 0.220 e. The maximum absolute atomic E-state index is 12.2. The van der Waals surface area contributed by atoms with Crippen LogP contribution in [-0.4, -0.2) is 23.9 Å². The third-order valence-electron chi connectivity index (χ3n) is 4.06. The van der Waals surface area contributed by atoms with Crippen molar-refractivity contribution in [2.45, 2.75) is 50.7 Å². The van der Waals surface area contributed by atoms with Crippen molar-refractivity contribution in [2.24, 2.45) is 0 Å². The summed E-state index contributed by atoms with van der Waals surface area (Å²) in [5.74, 6) is 0.0926. The van der Waals surface area contributed by atoms with Crippen LogP contribution < -0.4 is 5.32 Å². The topological polar surface area (TPSA) is 38.3 Å². The van der Waals surface area contributed by atoms with Gasteiger partial charge < -0.3 is 10.1 Å². The van der Waals surface area contributed by atoms with Gasteiger partial charge in [0.2, 0.25) is 5.91 Å². The predicted octanol–water partition coefficient (Wildman–Crippen LogP) is 3.76. The monoisotopic (exact) mass is 353 g/mol. The average molecular weight is 354 g/mol. The zero-order valence-corrected chi connectivity index (χ0v) is 14.2. The molecule has 0 saturated carbocycles. The van der Waals surface area contributed by atoms with Crippen LogP contribution in [0.3, 0.4) is 0 Å². The molecule has 3 nitrogen and oxygen atoms in total. The average Bonchev–Trinajstić information content (AvgIpc) is 2.54. The van der Waals surface area contributed by atoms with Gasteiger partial charge in [-0.3, -0.25) is 4.79 Å². The number of rotatable bonds is 6. The van der Waals surface area contributed by atoms with Crippen molar-refractivity contribution in [1.29, 1.82) is 0 Å². The normalized spacial score (nSPS) is 21.5. The zero-order chi connectivity index (χ0) is 15.1. The highest BCUT2D eigenvalue weighted by atomic mass is 79.9. The van der Waals surface area contributed by atoms with Crippen molar-refractivity contribution in [3.8, 4) is 0 Å². The lowest BCUT2D eigenvalue weighted by Gasteiger charge is -2.30. The molecule has 1 aliphatic rings. The molecule has 2 atom stereocenters. The molecule has 1 aromatic rings. The van der Waals surface area contributed by atoms with Gasteiger partial charge in [0.15, 0.2) is 0 Å². The Morgan fingerprint density at radius 1 is 1.38 bits per heavy atom. The van der Waals surface area contributed by atoms with Crippen molar-refractivity contribution >= 4 is 21.8 Å². The largest absolute Gasteiger partial charge is 0.378 e. The highest BCUT2D eigenvalue weighted by Gasteiger charge is 2.27. The number of hydrogen-bond acceptors (Lipinski definition) is 2. The molecule has 4 heteroatoms. The van der Waals surface area contributed by atoms with Crippen LogP contribution >= 0.6 is 15.9 Å². The van der Waals surface area contributed by atoms with Crippen LogP contribution in [0.4, 0.5) is 0 Å². The Kier molecular flexibility index (Phi) is 6.24. The van der Waals surface area contributed by atoms with Crippen molar-refractivity contribution in [2.75, 3.05) is 11.9 Å². The molecule has 0 radical (unpaired) electrons. The lowest BCUT2D eigenvalue weighted by molar-refractivity contribution is -0.123. The SMILES string of the molecule is CC(CBr)(NC(=O)CCC1CCCCO1)c1ccccc1. The van der Waals surface area contributed by atoms with E-state index in [9.17, 15) is 4.79 Å². The van der Waals surface area contributed by atoms with Gasteiger partial charge in [0.1, 0.15) is 0 Å². The van der Waals surface area contributed by atoms with Crippen LogP contribution in [0.2, 0.25) is 0 Å². The second-order valence-electron chi connectivity index (χ2n) is 5.91. The van der Waals surface area contributed by atoms with E-state index in [1.165, 1.54) is 6.42 Å². The molecule has 0 aromatic heterocycles. The van der Waals surface area contributed by atoms with Gasteiger partial charge in [-0.05, 0) is 38.2 Å². The number of amides is 1. The van der Waals surface area contributed by atoms with Gasteiger partial charge in [0.25, 0.3) is 0 Å². The third kappa shape index (κ3) is 4.82. The number of halogens is 1. The summed E-state index contributed by atoms with van der Waals surface area (Å²) in [5.41, 5.74) is 0.746. The minimum Gasteiger partial charge on any atom is -0.378 e. The molecule has 21 heavy (non-hydrogen) atoms. The van der Waals surface area contributed by atoms with Crippen LogP contribution in [0.1, 0.15) is 44.6 Å². The summed E-state index contributed by atoms with van der Waals surface area (Å²) >= 11 is 3.53. The molecule has 1 heterocycles. The number of carbonyl (C=O) groups excluding carboxylic acids is 1. The number of carbonyl (C=O) groups is 1. The van der Waals surface area contributed by atoms with E-state index in [2.05, 4.69) is 21.2 Å². The van der Waals surface area contributed by atoms with Gasteiger partial charge in [-0.25, -0.2) is 0 Å². The highest BCUT2D eigenvalue weighted by molar-refractivity contribution is 9.09. The molecule has 1 N–H and O–H groups in total. The molecule has 1 saturated heterocycles. The first kappa shape index (κ1) is 16.5. The third-order valence-corrected chi connectivity index (χ3v) is 5.18. The number of hydrogen-bond donors (Lipinski definition) is 1. The Bertz CT molecular complexity index is 445. The van der Waals surface area contributed by atoms with Gasteiger partial charge in [0, 0.05) is 18.4 Å². The molecule has 0 bridgehead atoms. The molecular weight excluding hydrogens is 330 g/mol. The van der Waals surface area contributed by atoms with Crippen molar-refractivity contribution in [3.05, 3.63) is 35.9 Å². The summed E-state index contributed by atoms with van der Waals surface area (Å²) in [6.45, 7) is 2.89. The fraction of sp³-hybridized carbons (Fsp3) is 0.588. The van der Waals surface area contributed by atoms with Crippen LogP contribution in [0.5, 0.6) is 0 Å². The molecule has 0 spiro atoms. The van der Waals surface area contributed by atoms with Gasteiger partial charge >= 0.3 is 0 Å². The summed E-state index contributed by atoms with van der Waals surface area (Å²) in [4.78, 5) is 12.2. The second kappa shape index (κ2) is 7.95. The van der Waals surface area contributed by atoms with E-state index in [4.69, 9.17) is 4.74 Å². The second-order valence-corrected chi connectivity index (χ2v) is 6.47. The highest BCUT2D eigenvalue weighted by Crippen LogP contribution is 2.23. The molecule has 2 rings (SSSR count). The molecule has 1 amide bonds. The van der Waals surface area contributed by atoms with E-state index >= 15 is 0 Å². The standard InChI is InChI=1S/C17H24BrNO2/c1-17(13-18,14-7-3-2-4-8-14)19-16(20)11-10-15-9-5-6-12-21-15/h2-4,7-8,15H,5-6,9-13H2,1H3,(H,19,20). The summed E-state index contributed by atoms with van der Waals surface area (Å²) in [7, 11) is 0. The van der Waals surface area contributed by atoms with Crippen LogP contribution in [0, 0.1) is 0 Å². The first-order chi connectivity index (χ1) is 10.1. The first-order valence-electron chi connectivity index (χ1n) is 7.68. The number of nitrogens with one attached hydrogen (secondary N) is 1. The number of alkyl halides is 1. The van der Waals surface area contributed by atoms with Crippen molar-refractivity contribution in [1.82, 2.24) is 5.32 Å². The maximum Gasteiger partial charge on any atom is 0.220 e. The number of benzene rings is 1. The minimum absolute atomic E-state index is 0.0926. The summed E-state index contributed by atoms with van der Waals surface area (Å²) < 4.78 is 5.68. The van der Waals surface area contributed by atoms with Gasteiger partial charge in [-0.2, -0.15) is 0 Å². The Balaban J connectivity index is 1.87. The Morgan fingerprint density at radius 2 is 2.14 bits per heavy atom. The molecule has 116 valence electrons. The van der Waals surface area contributed by atoms with Crippen LogP contribution in [-0.2, 0) is 15.1 Å². The minimum atomic E-state index is -0.369. The van der Waals surface area contributed by atoms with E-state index in [-0.39, 0.29) is 17.6 Å². The molecule has 0 aliphatic carbocycles. The fourth-order valence-electron chi connectivity index (χ4n) is 2.69. The van der Waals surface area contributed by atoms with E-state index in [0.717, 1.165) is 31.4 Å². The molecule has 1 aliphatic heterocycles.